The Bertz CT molecular complexity index is 9460. The van der Waals surface area contributed by atoms with E-state index in [1.807, 2.05) is 83.3 Å². The van der Waals surface area contributed by atoms with E-state index in [1.165, 1.54) is 43.2 Å². The molecule has 35 nitrogen and oxygen atoms in total. The van der Waals surface area contributed by atoms with Crippen molar-refractivity contribution >= 4 is 182 Å². The number of amides is 1. The molecule has 1 atom stereocenters. The Morgan fingerprint density at radius 1 is 0.408 bits per heavy atom. The number of fused-ring (bicyclic) bond motifs is 21. The van der Waals surface area contributed by atoms with E-state index in [1.54, 1.807) is 142 Å². The van der Waals surface area contributed by atoms with Gasteiger partial charge in [0.1, 0.15) is 139 Å². The van der Waals surface area contributed by atoms with E-state index < -0.39 is 5.60 Å². The summed E-state index contributed by atoms with van der Waals surface area (Å²) in [4.78, 5) is 107. The summed E-state index contributed by atoms with van der Waals surface area (Å²) in [5, 5.41) is 89.1. The van der Waals surface area contributed by atoms with Crippen molar-refractivity contribution in [1.29, 1.82) is 36.8 Å². The molecule has 2 fully saturated rings. The first kappa shape index (κ1) is 95.0. The molecule has 2 aliphatic heterocycles. The first-order chi connectivity index (χ1) is 71.7. The number of benzene rings is 1. The zero-order chi connectivity index (χ0) is 101. The first-order valence-corrected chi connectivity index (χ1v) is 48.1. The van der Waals surface area contributed by atoms with E-state index in [0.29, 0.717) is 68.8 Å². The number of likely N-dealkylation sites (tertiary alicyclic amines) is 2. The fraction of sp³-hybridized carbons (Fsp3) is 0.164. The summed E-state index contributed by atoms with van der Waals surface area (Å²) in [6, 6.07) is 50.2. The second kappa shape index (κ2) is 41.7. The predicted octanol–water partition coefficient (Wildman–Crippen LogP) is 20.8. The molecule has 1 unspecified atom stereocenters. The summed E-state index contributed by atoms with van der Waals surface area (Å²) in [5.41, 5.74) is 21.4. The van der Waals surface area contributed by atoms with Crippen LogP contribution in [-0.4, -0.2) is 167 Å². The molecule has 25 heterocycles. The van der Waals surface area contributed by atoms with Gasteiger partial charge in [-0.05, 0) is 166 Å². The maximum atomic E-state index is 12.3. The zero-order valence-corrected chi connectivity index (χ0v) is 80.6. The Hall–Kier alpha value is -19.6. The van der Waals surface area contributed by atoms with Gasteiger partial charge in [0.25, 0.3) is 0 Å². The van der Waals surface area contributed by atoms with E-state index >= 15 is 0 Å². The third kappa shape index (κ3) is 20.4. The summed E-state index contributed by atoms with van der Waals surface area (Å²) in [5.74, 6) is 6.33. The van der Waals surface area contributed by atoms with Gasteiger partial charge in [0.05, 0.1) is 105 Å². The quantitative estimate of drug-likeness (QED) is 0.0622. The fourth-order valence-electron chi connectivity index (χ4n) is 18.1. The summed E-state index contributed by atoms with van der Waals surface area (Å²) in [6.07, 6.45) is 37.3. The number of nitrogens with zero attached hydrogens (tertiary/aromatic N) is 25. The van der Waals surface area contributed by atoms with Crippen LogP contribution in [0.3, 0.4) is 0 Å². The van der Waals surface area contributed by atoms with Crippen LogP contribution in [0.5, 0.6) is 0 Å². The highest BCUT2D eigenvalue weighted by atomic mass is 35.5. The number of piperidine rings is 1. The first-order valence-electron chi connectivity index (χ1n) is 46.8. The summed E-state index contributed by atoms with van der Waals surface area (Å²) >= 11 is 7.47. The third-order valence-electron chi connectivity index (χ3n) is 25.1. The molecule has 0 radical (unpaired) electrons. The number of nitriles is 7. The van der Waals surface area contributed by atoms with Gasteiger partial charge in [0, 0.05) is 166 Å². The van der Waals surface area contributed by atoms with E-state index in [4.69, 9.17) is 52.9 Å². The number of aromatic nitrogens is 23. The van der Waals surface area contributed by atoms with E-state index in [9.17, 15) is 9.90 Å². The van der Waals surface area contributed by atoms with Crippen LogP contribution in [0.15, 0.2) is 224 Å². The number of hydrogen-bond acceptors (Lipinski definition) is 28. The number of H-pyrrole nitrogens is 7. The van der Waals surface area contributed by atoms with Gasteiger partial charge in [-0.15, -0.1) is 11.3 Å². The molecule has 26 rings (SSSR count). The molecule has 712 valence electrons. The summed E-state index contributed by atoms with van der Waals surface area (Å²) in [6.45, 7) is 11.7. The van der Waals surface area contributed by atoms with Crippen molar-refractivity contribution in [1.82, 2.24) is 124 Å². The van der Waals surface area contributed by atoms with Crippen LogP contribution < -0.4 is 0 Å². The van der Waals surface area contributed by atoms with Gasteiger partial charge in [-0.2, -0.15) is 36.8 Å². The largest absolute Gasteiger partial charge is 0.444 e. The van der Waals surface area contributed by atoms with Gasteiger partial charge in [0.2, 0.25) is 11.8 Å². The number of halogens is 1. The van der Waals surface area contributed by atoms with Crippen LogP contribution in [0.2, 0.25) is 5.02 Å². The van der Waals surface area contributed by atoms with Crippen molar-refractivity contribution < 1.29 is 14.3 Å². The van der Waals surface area contributed by atoms with E-state index in [2.05, 4.69) is 206 Å². The average Bonchev–Trinajstić information content (AvgIpc) is 1.63. The van der Waals surface area contributed by atoms with Crippen LogP contribution in [0.25, 0.3) is 187 Å². The number of oxazole rings is 1. The number of carbonyl (C=O) groups is 1. The molecular formula is C110H81ClN32O3S. The minimum Gasteiger partial charge on any atom is -0.444 e. The summed E-state index contributed by atoms with van der Waals surface area (Å²) < 4.78 is 5.28. The van der Waals surface area contributed by atoms with E-state index in [-0.39, 0.29) is 5.91 Å². The number of carbonyl (C=O) groups excluding carboxylic acids is 1. The molecular weight excluding hydrogens is 1880 g/mol. The van der Waals surface area contributed by atoms with Gasteiger partial charge in [-0.1, -0.05) is 74.4 Å². The van der Waals surface area contributed by atoms with Crippen molar-refractivity contribution in [3.8, 4) is 87.5 Å². The van der Waals surface area contributed by atoms with Gasteiger partial charge < -0.3 is 49.3 Å². The zero-order valence-electron chi connectivity index (χ0n) is 79.1. The Morgan fingerprint density at radius 3 is 1.20 bits per heavy atom. The molecule has 24 aromatic rings. The lowest BCUT2D eigenvalue weighted by atomic mass is 9.94. The Labute approximate surface area is 844 Å². The topological polar surface area (TPSA) is 540 Å². The number of hydrogen-bond donors (Lipinski definition) is 8. The number of rotatable bonds is 9. The predicted molar refractivity (Wildman–Crippen MR) is 560 cm³/mol. The number of aromatic amines is 7. The van der Waals surface area contributed by atoms with Crippen LogP contribution in [0.1, 0.15) is 134 Å². The molecule has 8 N–H and O–H groups in total. The molecule has 1 amide bonds. The van der Waals surface area contributed by atoms with Crippen LogP contribution in [0, 0.1) is 91.2 Å². The second-order valence-electron chi connectivity index (χ2n) is 35.2. The minimum atomic E-state index is -1.05. The maximum absolute atomic E-state index is 12.3. The molecule has 0 spiro atoms. The molecule has 0 bridgehead atoms. The van der Waals surface area contributed by atoms with Gasteiger partial charge >= 0.3 is 0 Å². The molecule has 2 aliphatic rings. The SMILES string of the molecule is CC(C)(O)C#Cc1cnc2[nH]c3cnc(C#N)cc3c2c1.CCCc1cnc2[nH]c3cnc(C#N)cc3c2c1.CCN1CCCCC1c1ccc(-c2cnc3[nH]c4cnc(C#N)cc4c3c2)cc1.N#Cc1cc2c(cn1)[nH]c1ncc(-c3ncco3)cc12.N#Cc1cc2c(cn1)[nH]c1ncc(-c3nccs3)cc12.N#Cc1cc2c(cn1)[nH]c1ncc(CC(=O)N3CCCC3)cc12.N#Cc1cc2c(cn1)[nH]c1ncc(Cl)cc12. The average molecular weight is 1970 g/mol. The highest BCUT2D eigenvalue weighted by molar-refractivity contribution is 7.13. The van der Waals surface area contributed by atoms with Crippen LogP contribution in [-0.2, 0) is 17.6 Å². The van der Waals surface area contributed by atoms with Crippen molar-refractivity contribution in [3.63, 3.8) is 0 Å². The standard InChI is InChI=1S/C24H23N5.C17H15N5O.C16H12N4O.C14H7N5O.C14H7N5S.C14H12N4.C11H5ClN4/c1-2-29-10-4-3-5-23(29)17-8-6-16(7-9-17)18-11-21-20-12-19(13-25)26-15-22(20)28-24(21)27-14-18;18-8-12-7-13-14-5-11(6-16(23)22-3-1-2-4-22)9-20-17(14)21-15(13)10-19-12;1-16(2,21)4-3-10-5-13-12-6-11(7-17)18-9-14(12)20-15(13)19-8-10;2*15-5-9-4-10-11-3-8(14-16-1-2-20-14)6-18-13(11)19-12(10)7-17-9;1-2-3-9-4-12-11-5-10(6-15)16-8-13(11)18-14(12)17-7-9;12-6-1-9-8-2-7(3-13)14-5-10(8)16-11(9)15-4-6/h6-9,11-12,14-15,23H,2-5,10H2,1H3,(H,27,28);5,7,9-10H,1-4,6H2,(H,20,21);5-6,8-9,21H,1-2H3,(H,19,20);2*1-4,6-7H,(H,18,19);4-5,7-8H,2-3H2,1H3,(H,17,18);1-2,4-5H,(H,15,16). The second-order valence-corrected chi connectivity index (χ2v) is 36.6. The number of thiazole rings is 1. The van der Waals surface area contributed by atoms with Gasteiger partial charge in [-0.3, -0.25) is 9.69 Å². The lowest BCUT2D eigenvalue weighted by molar-refractivity contribution is -0.129. The minimum absolute atomic E-state index is 0.155. The molecule has 147 heavy (non-hydrogen) atoms. The lowest BCUT2D eigenvalue weighted by Crippen LogP contribution is -2.33. The maximum Gasteiger partial charge on any atom is 0.227 e. The Morgan fingerprint density at radius 2 is 0.789 bits per heavy atom. The number of aryl methyl sites for hydroxylation is 1. The molecule has 23 aromatic heterocycles. The number of nitrogens with one attached hydrogen (secondary N) is 7. The normalized spacial score (nSPS) is 12.8. The molecule has 37 heteroatoms. The summed E-state index contributed by atoms with van der Waals surface area (Å²) in [7, 11) is 0. The monoisotopic (exact) mass is 1960 g/mol. The molecule has 0 aliphatic carbocycles. The highest BCUT2D eigenvalue weighted by Crippen LogP contribution is 2.38. The molecule has 0 saturated carbocycles. The van der Waals surface area contributed by atoms with Gasteiger partial charge in [0.15, 0.2) is 0 Å². The van der Waals surface area contributed by atoms with E-state index in [0.717, 1.165) is 232 Å². The highest BCUT2D eigenvalue weighted by Gasteiger charge is 2.25. The fourth-order valence-corrected chi connectivity index (χ4v) is 18.8. The van der Waals surface area contributed by atoms with Crippen LogP contribution >= 0.6 is 22.9 Å². The third-order valence-corrected chi connectivity index (χ3v) is 26.1. The lowest BCUT2D eigenvalue weighted by Gasteiger charge is -2.35. The molecule has 1 aromatic carbocycles. The Kier molecular flexibility index (Phi) is 26.9. The number of pyridine rings is 14. The molecule has 2 saturated heterocycles. The van der Waals surface area contributed by atoms with Crippen molar-refractivity contribution in [2.45, 2.75) is 90.7 Å². The van der Waals surface area contributed by atoms with Crippen molar-refractivity contribution in [2.24, 2.45) is 0 Å². The smallest absolute Gasteiger partial charge is 0.227 e. The Balaban J connectivity index is 0.000000105. The van der Waals surface area contributed by atoms with Crippen LogP contribution in [0.4, 0.5) is 0 Å². The van der Waals surface area contributed by atoms with Gasteiger partial charge in [-0.25, -0.2) is 79.7 Å². The van der Waals surface area contributed by atoms with Crippen molar-refractivity contribution in [3.05, 3.63) is 287 Å². The number of aliphatic hydroxyl groups is 1. The van der Waals surface area contributed by atoms with Crippen molar-refractivity contribution in [2.75, 3.05) is 26.2 Å².